The quantitative estimate of drug-likeness (QED) is 0.441. The molecule has 5 nitrogen and oxygen atoms in total. The smallest absolute Gasteiger partial charge is 0.264 e. The molecular formula is C24H24Cl2N2O3S. The van der Waals surface area contributed by atoms with Crippen molar-refractivity contribution in [3.8, 4) is 0 Å². The fraction of sp³-hybridized carbons (Fsp3) is 0.208. The van der Waals surface area contributed by atoms with E-state index in [0.717, 1.165) is 15.4 Å². The number of hydrogen-bond acceptors (Lipinski definition) is 3. The topological polar surface area (TPSA) is 57.7 Å². The second-order valence-corrected chi connectivity index (χ2v) is 10.4. The Bertz CT molecular complexity index is 1210. The Kier molecular flexibility index (Phi) is 7.49. The van der Waals surface area contributed by atoms with Crippen molar-refractivity contribution in [1.82, 2.24) is 4.90 Å². The van der Waals surface area contributed by atoms with Crippen molar-refractivity contribution < 1.29 is 13.2 Å². The third kappa shape index (κ3) is 5.63. The highest BCUT2D eigenvalue weighted by molar-refractivity contribution is 7.92. The van der Waals surface area contributed by atoms with Crippen LogP contribution in [0.1, 0.15) is 16.7 Å². The summed E-state index contributed by atoms with van der Waals surface area (Å²) in [6.45, 7) is 3.63. The molecule has 0 aliphatic carbocycles. The molecule has 3 rings (SSSR count). The van der Waals surface area contributed by atoms with Gasteiger partial charge in [-0.3, -0.25) is 9.10 Å². The molecule has 0 spiro atoms. The summed E-state index contributed by atoms with van der Waals surface area (Å²) in [4.78, 5) is 14.7. The van der Waals surface area contributed by atoms with Gasteiger partial charge in [-0.1, -0.05) is 53.0 Å². The van der Waals surface area contributed by atoms with Crippen molar-refractivity contribution in [2.45, 2.75) is 25.3 Å². The third-order valence-electron chi connectivity index (χ3n) is 5.07. The summed E-state index contributed by atoms with van der Waals surface area (Å²) in [5, 5.41) is 1.10. The molecule has 1 amide bonds. The van der Waals surface area contributed by atoms with E-state index >= 15 is 0 Å². The second-order valence-electron chi connectivity index (χ2n) is 7.63. The molecule has 0 unspecified atom stereocenters. The number of sulfonamides is 1. The number of aryl methyl sites for hydroxylation is 2. The first-order valence-electron chi connectivity index (χ1n) is 9.92. The highest BCUT2D eigenvalue weighted by Crippen LogP contribution is 2.29. The minimum absolute atomic E-state index is 0.116. The molecule has 0 N–H and O–H groups in total. The number of nitrogens with zero attached hydrogens (tertiary/aromatic N) is 2. The third-order valence-corrected chi connectivity index (χ3v) is 7.34. The van der Waals surface area contributed by atoms with Gasteiger partial charge in [0.05, 0.1) is 10.6 Å². The minimum atomic E-state index is -3.99. The van der Waals surface area contributed by atoms with Crippen LogP contribution in [0.3, 0.4) is 0 Å². The lowest BCUT2D eigenvalue weighted by molar-refractivity contribution is -0.128. The average molecular weight is 491 g/mol. The molecule has 0 saturated heterocycles. The Morgan fingerprint density at radius 3 is 2.06 bits per heavy atom. The second kappa shape index (κ2) is 9.94. The van der Waals surface area contributed by atoms with Crippen molar-refractivity contribution in [3.63, 3.8) is 0 Å². The van der Waals surface area contributed by atoms with Crippen LogP contribution in [-0.2, 0) is 21.4 Å². The molecule has 3 aromatic rings. The van der Waals surface area contributed by atoms with E-state index in [1.165, 1.54) is 4.90 Å². The molecule has 0 heterocycles. The Morgan fingerprint density at radius 1 is 0.875 bits per heavy atom. The van der Waals surface area contributed by atoms with E-state index in [-0.39, 0.29) is 17.3 Å². The van der Waals surface area contributed by atoms with Gasteiger partial charge in [0, 0.05) is 23.6 Å². The van der Waals surface area contributed by atoms with E-state index in [9.17, 15) is 13.2 Å². The van der Waals surface area contributed by atoms with Crippen molar-refractivity contribution in [3.05, 3.63) is 93.5 Å². The Labute approximate surface area is 199 Å². The molecule has 0 saturated carbocycles. The van der Waals surface area contributed by atoms with Crippen LogP contribution in [0.25, 0.3) is 0 Å². The van der Waals surface area contributed by atoms with Crippen LogP contribution in [0.5, 0.6) is 0 Å². The van der Waals surface area contributed by atoms with Crippen LogP contribution in [0, 0.1) is 13.8 Å². The maximum atomic E-state index is 13.5. The van der Waals surface area contributed by atoms with Crippen molar-refractivity contribution in [2.75, 3.05) is 17.9 Å². The molecule has 32 heavy (non-hydrogen) atoms. The predicted octanol–water partition coefficient (Wildman–Crippen LogP) is 5.46. The fourth-order valence-electron chi connectivity index (χ4n) is 3.23. The van der Waals surface area contributed by atoms with E-state index in [1.54, 1.807) is 68.6 Å². The number of rotatable bonds is 7. The summed E-state index contributed by atoms with van der Waals surface area (Å²) in [5.41, 5.74) is 2.89. The summed E-state index contributed by atoms with van der Waals surface area (Å²) in [7, 11) is -2.35. The van der Waals surface area contributed by atoms with Crippen LogP contribution in [-0.4, -0.2) is 32.8 Å². The number of halogens is 2. The van der Waals surface area contributed by atoms with E-state index in [2.05, 4.69) is 0 Å². The van der Waals surface area contributed by atoms with Crippen LogP contribution in [0.2, 0.25) is 10.0 Å². The maximum Gasteiger partial charge on any atom is 0.264 e. The molecule has 8 heteroatoms. The van der Waals surface area contributed by atoms with Crippen molar-refractivity contribution in [1.29, 1.82) is 0 Å². The summed E-state index contributed by atoms with van der Waals surface area (Å²) in [5.74, 6) is -0.343. The standard InChI is InChI=1S/C24H24Cl2N2O3S/c1-17-4-11-22(12-5-17)32(30,31)28(23-13-10-21(26)14-18(23)2)16-24(29)27(3)15-19-6-8-20(25)9-7-19/h4-14H,15-16H2,1-3H3. The predicted molar refractivity (Wildman–Crippen MR) is 130 cm³/mol. The minimum Gasteiger partial charge on any atom is -0.340 e. The highest BCUT2D eigenvalue weighted by Gasteiger charge is 2.29. The molecular weight excluding hydrogens is 467 g/mol. The average Bonchev–Trinajstić information content (AvgIpc) is 2.74. The number of hydrogen-bond donors (Lipinski definition) is 0. The van der Waals surface area contributed by atoms with Gasteiger partial charge in [0.25, 0.3) is 10.0 Å². The number of likely N-dealkylation sites (N-methyl/N-ethyl adjacent to an activating group) is 1. The van der Waals surface area contributed by atoms with Crippen LogP contribution < -0.4 is 4.31 Å². The monoisotopic (exact) mass is 490 g/mol. The normalized spacial score (nSPS) is 11.3. The molecule has 0 aliphatic rings. The first-order valence-corrected chi connectivity index (χ1v) is 12.1. The number of amides is 1. The summed E-state index contributed by atoms with van der Waals surface area (Å²) in [6, 6.07) is 18.6. The van der Waals surface area contributed by atoms with Gasteiger partial charge in [-0.2, -0.15) is 0 Å². The number of carbonyl (C=O) groups is 1. The van der Waals surface area contributed by atoms with E-state index in [1.807, 2.05) is 19.1 Å². The van der Waals surface area contributed by atoms with E-state index in [4.69, 9.17) is 23.2 Å². The zero-order chi connectivity index (χ0) is 23.5. The largest absolute Gasteiger partial charge is 0.340 e. The van der Waals surface area contributed by atoms with Gasteiger partial charge in [-0.05, 0) is 67.4 Å². The number of anilines is 1. The van der Waals surface area contributed by atoms with Gasteiger partial charge < -0.3 is 4.90 Å². The van der Waals surface area contributed by atoms with Gasteiger partial charge in [0.15, 0.2) is 0 Å². The Morgan fingerprint density at radius 2 is 1.47 bits per heavy atom. The van der Waals surface area contributed by atoms with Crippen LogP contribution in [0.4, 0.5) is 5.69 Å². The lowest BCUT2D eigenvalue weighted by Gasteiger charge is -2.28. The molecule has 0 bridgehead atoms. The molecule has 3 aromatic carbocycles. The molecule has 0 aliphatic heterocycles. The van der Waals surface area contributed by atoms with Crippen LogP contribution in [0.15, 0.2) is 71.6 Å². The zero-order valence-electron chi connectivity index (χ0n) is 18.0. The zero-order valence-corrected chi connectivity index (χ0v) is 20.4. The molecule has 168 valence electrons. The van der Waals surface area contributed by atoms with Crippen molar-refractivity contribution >= 4 is 44.8 Å². The fourth-order valence-corrected chi connectivity index (χ4v) is 5.06. The van der Waals surface area contributed by atoms with Gasteiger partial charge in [0.1, 0.15) is 6.54 Å². The number of benzene rings is 3. The Hall–Kier alpha value is -2.54. The van der Waals surface area contributed by atoms with Crippen LogP contribution >= 0.6 is 23.2 Å². The molecule has 0 aromatic heterocycles. The maximum absolute atomic E-state index is 13.5. The Balaban J connectivity index is 1.94. The number of carbonyl (C=O) groups excluding carboxylic acids is 1. The van der Waals surface area contributed by atoms with E-state index < -0.39 is 10.0 Å². The van der Waals surface area contributed by atoms with Crippen molar-refractivity contribution in [2.24, 2.45) is 0 Å². The molecule has 0 radical (unpaired) electrons. The lowest BCUT2D eigenvalue weighted by Crippen LogP contribution is -2.41. The van der Waals surface area contributed by atoms with Gasteiger partial charge in [-0.15, -0.1) is 0 Å². The molecule has 0 fully saturated rings. The summed E-state index contributed by atoms with van der Waals surface area (Å²) >= 11 is 12.0. The SMILES string of the molecule is Cc1ccc(S(=O)(=O)N(CC(=O)N(C)Cc2ccc(Cl)cc2)c2ccc(Cl)cc2C)cc1. The van der Waals surface area contributed by atoms with E-state index in [0.29, 0.717) is 27.8 Å². The first-order chi connectivity index (χ1) is 15.1. The van der Waals surface area contributed by atoms with Gasteiger partial charge in [0.2, 0.25) is 5.91 Å². The van der Waals surface area contributed by atoms with Gasteiger partial charge in [-0.25, -0.2) is 8.42 Å². The van der Waals surface area contributed by atoms with Gasteiger partial charge >= 0.3 is 0 Å². The highest BCUT2D eigenvalue weighted by atomic mass is 35.5. The lowest BCUT2D eigenvalue weighted by atomic mass is 10.2. The summed E-state index contributed by atoms with van der Waals surface area (Å²) < 4.78 is 28.2. The summed E-state index contributed by atoms with van der Waals surface area (Å²) in [6.07, 6.45) is 0. The first kappa shape index (κ1) is 24.1. The molecule has 0 atom stereocenters.